The van der Waals surface area contributed by atoms with Crippen molar-refractivity contribution in [3.63, 3.8) is 0 Å². The first-order chi connectivity index (χ1) is 11.9. The molecule has 2 bridgehead atoms. The SMILES string of the molecule is COCc1ccc(C2=CC3CCCC(C2)N3C(=O)OC(C)(C)C)cc1. The van der Waals surface area contributed by atoms with Crippen molar-refractivity contribution in [1.29, 1.82) is 0 Å². The highest BCUT2D eigenvalue weighted by Crippen LogP contribution is 2.38. The van der Waals surface area contributed by atoms with E-state index in [0.29, 0.717) is 6.61 Å². The van der Waals surface area contributed by atoms with Crippen molar-refractivity contribution >= 4 is 11.7 Å². The molecule has 136 valence electrons. The Morgan fingerprint density at radius 2 is 1.92 bits per heavy atom. The second-order valence-electron chi connectivity index (χ2n) is 8.07. The first-order valence-electron chi connectivity index (χ1n) is 9.17. The molecule has 1 aromatic carbocycles. The fraction of sp³-hybridized carbons (Fsp3) is 0.571. The lowest BCUT2D eigenvalue weighted by atomic mass is 9.83. The molecule has 1 amide bonds. The van der Waals surface area contributed by atoms with Crippen molar-refractivity contribution in [2.24, 2.45) is 0 Å². The van der Waals surface area contributed by atoms with Gasteiger partial charge in [-0.05, 0) is 63.2 Å². The van der Waals surface area contributed by atoms with Gasteiger partial charge < -0.3 is 9.47 Å². The first-order valence-corrected chi connectivity index (χ1v) is 9.17. The van der Waals surface area contributed by atoms with Gasteiger partial charge in [0.1, 0.15) is 5.60 Å². The van der Waals surface area contributed by atoms with Crippen LogP contribution in [0.15, 0.2) is 30.3 Å². The smallest absolute Gasteiger partial charge is 0.411 e. The molecule has 25 heavy (non-hydrogen) atoms. The second kappa shape index (κ2) is 7.20. The van der Waals surface area contributed by atoms with E-state index in [-0.39, 0.29) is 18.2 Å². The van der Waals surface area contributed by atoms with Gasteiger partial charge >= 0.3 is 6.09 Å². The van der Waals surface area contributed by atoms with E-state index >= 15 is 0 Å². The summed E-state index contributed by atoms with van der Waals surface area (Å²) in [6, 6.07) is 8.96. The van der Waals surface area contributed by atoms with Crippen LogP contribution in [-0.2, 0) is 16.1 Å². The number of nitrogens with zero attached hydrogens (tertiary/aromatic N) is 1. The van der Waals surface area contributed by atoms with E-state index in [1.807, 2.05) is 25.7 Å². The molecule has 2 unspecified atom stereocenters. The van der Waals surface area contributed by atoms with Crippen LogP contribution in [0, 0.1) is 0 Å². The summed E-state index contributed by atoms with van der Waals surface area (Å²) in [6.07, 6.45) is 6.23. The largest absolute Gasteiger partial charge is 0.444 e. The zero-order valence-electron chi connectivity index (χ0n) is 15.7. The van der Waals surface area contributed by atoms with Crippen molar-refractivity contribution in [3.05, 3.63) is 41.5 Å². The summed E-state index contributed by atoms with van der Waals surface area (Å²) < 4.78 is 10.8. The third-order valence-electron chi connectivity index (χ3n) is 4.88. The fourth-order valence-corrected chi connectivity index (χ4v) is 3.82. The van der Waals surface area contributed by atoms with Gasteiger partial charge in [0.05, 0.1) is 12.6 Å². The number of hydrogen-bond donors (Lipinski definition) is 0. The van der Waals surface area contributed by atoms with Crippen molar-refractivity contribution in [2.45, 2.75) is 70.7 Å². The fourth-order valence-electron chi connectivity index (χ4n) is 3.82. The number of methoxy groups -OCH3 is 1. The molecule has 4 heteroatoms. The third kappa shape index (κ3) is 4.24. The molecule has 1 aromatic rings. The number of benzene rings is 1. The van der Waals surface area contributed by atoms with Crippen LogP contribution >= 0.6 is 0 Å². The van der Waals surface area contributed by atoms with Crippen LogP contribution < -0.4 is 0 Å². The Kier molecular flexibility index (Phi) is 5.19. The maximum atomic E-state index is 12.6. The van der Waals surface area contributed by atoms with E-state index in [4.69, 9.17) is 9.47 Å². The quantitative estimate of drug-likeness (QED) is 0.793. The lowest BCUT2D eigenvalue weighted by Gasteiger charge is -2.45. The molecule has 0 aromatic heterocycles. The van der Waals surface area contributed by atoms with Gasteiger partial charge in [-0.1, -0.05) is 30.3 Å². The van der Waals surface area contributed by atoms with Crippen molar-refractivity contribution < 1.29 is 14.3 Å². The monoisotopic (exact) mass is 343 g/mol. The Balaban J connectivity index is 1.80. The summed E-state index contributed by atoms with van der Waals surface area (Å²) in [5, 5.41) is 0. The highest BCUT2D eigenvalue weighted by Gasteiger charge is 2.39. The van der Waals surface area contributed by atoms with Crippen LogP contribution in [0.2, 0.25) is 0 Å². The van der Waals surface area contributed by atoms with Crippen molar-refractivity contribution in [1.82, 2.24) is 4.90 Å². The van der Waals surface area contributed by atoms with Gasteiger partial charge in [0, 0.05) is 13.2 Å². The number of rotatable bonds is 3. The van der Waals surface area contributed by atoms with Gasteiger partial charge in [-0.15, -0.1) is 0 Å². The minimum atomic E-state index is -0.452. The summed E-state index contributed by atoms with van der Waals surface area (Å²) in [6.45, 7) is 6.41. The van der Waals surface area contributed by atoms with E-state index in [0.717, 1.165) is 19.3 Å². The minimum Gasteiger partial charge on any atom is -0.444 e. The molecule has 0 aliphatic carbocycles. The zero-order chi connectivity index (χ0) is 18.0. The second-order valence-corrected chi connectivity index (χ2v) is 8.07. The molecule has 3 rings (SSSR count). The number of hydrogen-bond acceptors (Lipinski definition) is 3. The van der Waals surface area contributed by atoms with E-state index in [2.05, 4.69) is 30.3 Å². The highest BCUT2D eigenvalue weighted by atomic mass is 16.6. The molecule has 4 nitrogen and oxygen atoms in total. The van der Waals surface area contributed by atoms with Gasteiger partial charge in [0.25, 0.3) is 0 Å². The van der Waals surface area contributed by atoms with Gasteiger partial charge in [-0.2, -0.15) is 0 Å². The van der Waals surface area contributed by atoms with Crippen LogP contribution in [0.3, 0.4) is 0 Å². The minimum absolute atomic E-state index is 0.149. The number of fused-ring (bicyclic) bond motifs is 2. The number of carbonyl (C=O) groups excluding carboxylic acids is 1. The predicted molar refractivity (Wildman–Crippen MR) is 99.2 cm³/mol. The Morgan fingerprint density at radius 1 is 1.20 bits per heavy atom. The van der Waals surface area contributed by atoms with Crippen LogP contribution in [0.25, 0.3) is 5.57 Å². The topological polar surface area (TPSA) is 38.8 Å². The summed E-state index contributed by atoms with van der Waals surface area (Å²) in [7, 11) is 1.71. The molecule has 1 fully saturated rings. The molecular formula is C21H29NO3. The molecule has 2 aliphatic heterocycles. The average molecular weight is 343 g/mol. The number of ether oxygens (including phenoxy) is 2. The Labute approximate surface area is 150 Å². The maximum absolute atomic E-state index is 12.6. The number of piperidine rings is 1. The van der Waals surface area contributed by atoms with E-state index < -0.39 is 5.60 Å². The first kappa shape index (κ1) is 18.0. The van der Waals surface area contributed by atoms with Gasteiger partial charge in [-0.3, -0.25) is 4.90 Å². The van der Waals surface area contributed by atoms with Crippen LogP contribution in [0.1, 0.15) is 57.6 Å². The molecule has 2 heterocycles. The lowest BCUT2D eigenvalue weighted by molar-refractivity contribution is 0.0000854. The van der Waals surface area contributed by atoms with Crippen molar-refractivity contribution in [2.75, 3.05) is 7.11 Å². The number of carbonyl (C=O) groups is 1. The van der Waals surface area contributed by atoms with Gasteiger partial charge in [-0.25, -0.2) is 4.79 Å². The number of amides is 1. The predicted octanol–water partition coefficient (Wildman–Crippen LogP) is 4.78. The standard InChI is InChI=1S/C21H29NO3/c1-21(2,3)25-20(23)22-18-6-5-7-19(22)13-17(12-18)16-10-8-15(9-11-16)14-24-4/h8-12,18-19H,5-7,13-14H2,1-4H3. The summed E-state index contributed by atoms with van der Waals surface area (Å²) in [5.74, 6) is 0. The Bertz CT molecular complexity index is 642. The van der Waals surface area contributed by atoms with Gasteiger partial charge in [0.2, 0.25) is 0 Å². The highest BCUT2D eigenvalue weighted by molar-refractivity contribution is 5.74. The molecule has 0 radical (unpaired) electrons. The third-order valence-corrected chi connectivity index (χ3v) is 4.88. The Morgan fingerprint density at radius 3 is 2.52 bits per heavy atom. The maximum Gasteiger partial charge on any atom is 0.411 e. The van der Waals surface area contributed by atoms with Crippen LogP contribution in [0.5, 0.6) is 0 Å². The molecule has 0 N–H and O–H groups in total. The van der Waals surface area contributed by atoms with E-state index in [1.165, 1.54) is 23.1 Å². The van der Waals surface area contributed by atoms with Crippen LogP contribution in [0.4, 0.5) is 4.79 Å². The van der Waals surface area contributed by atoms with Crippen molar-refractivity contribution in [3.8, 4) is 0 Å². The molecule has 1 saturated heterocycles. The van der Waals surface area contributed by atoms with Crippen LogP contribution in [-0.4, -0.2) is 35.8 Å². The van der Waals surface area contributed by atoms with Gasteiger partial charge in [0.15, 0.2) is 0 Å². The molecule has 2 aliphatic rings. The molecule has 0 spiro atoms. The average Bonchev–Trinajstić information content (AvgIpc) is 2.53. The molecule has 0 saturated carbocycles. The molecular weight excluding hydrogens is 314 g/mol. The summed E-state index contributed by atoms with van der Waals surface area (Å²) in [5.41, 5.74) is 3.32. The molecule has 2 atom stereocenters. The Hall–Kier alpha value is -1.81. The van der Waals surface area contributed by atoms with E-state index in [9.17, 15) is 4.79 Å². The normalized spacial score (nSPS) is 23.2. The zero-order valence-corrected chi connectivity index (χ0v) is 15.7. The lowest BCUT2D eigenvalue weighted by Crippen LogP contribution is -2.53. The van der Waals surface area contributed by atoms with E-state index in [1.54, 1.807) is 7.11 Å². The summed E-state index contributed by atoms with van der Waals surface area (Å²) in [4.78, 5) is 14.6. The summed E-state index contributed by atoms with van der Waals surface area (Å²) >= 11 is 0.